The molecule has 2 atom stereocenters. The fraction of sp³-hybridized carbons (Fsp3) is 0.212. The zero-order chi connectivity index (χ0) is 23.8. The van der Waals surface area contributed by atoms with Crippen molar-refractivity contribution >= 4 is 22.7 Å². The first-order valence-electron chi connectivity index (χ1n) is 12.6. The van der Waals surface area contributed by atoms with Crippen LogP contribution in [0.1, 0.15) is 58.2 Å². The van der Waals surface area contributed by atoms with Crippen LogP contribution in [0.15, 0.2) is 115 Å². The van der Waals surface area contributed by atoms with Crippen molar-refractivity contribution in [1.82, 2.24) is 4.57 Å². The van der Waals surface area contributed by atoms with Gasteiger partial charge in [0.2, 0.25) is 0 Å². The van der Waals surface area contributed by atoms with Gasteiger partial charge in [-0.2, -0.15) is 0 Å². The van der Waals surface area contributed by atoms with Gasteiger partial charge in [-0.15, -0.1) is 11.8 Å². The summed E-state index contributed by atoms with van der Waals surface area (Å²) in [6, 6.07) is 42.3. The maximum absolute atomic E-state index is 2.66. The molecule has 0 radical (unpaired) electrons. The van der Waals surface area contributed by atoms with Gasteiger partial charge in [0.25, 0.3) is 0 Å². The van der Waals surface area contributed by atoms with E-state index in [9.17, 15) is 0 Å². The van der Waals surface area contributed by atoms with E-state index in [1.54, 1.807) is 0 Å². The topological polar surface area (TPSA) is 4.93 Å². The Balaban J connectivity index is 1.63. The Hall–Kier alpha value is -3.23. The maximum atomic E-state index is 2.66. The first-order chi connectivity index (χ1) is 17.2. The molecule has 1 aliphatic rings. The second kappa shape index (κ2) is 9.43. The standard InChI is InChI=1S/C33H31NS/c1-23(2)33-32-31(30(25-16-8-4-9-17-25)26-18-10-5-11-19-26)27-20-12-13-21-28(27)34(32)22-29(35-33)24-14-6-3-7-15-24/h3-21,23,29-30,33H,22H2,1-2H3/t29-,33+/m1/s1. The zero-order valence-electron chi connectivity index (χ0n) is 20.3. The predicted molar refractivity (Wildman–Crippen MR) is 150 cm³/mol. The Morgan fingerprint density at radius 1 is 0.686 bits per heavy atom. The van der Waals surface area contributed by atoms with Gasteiger partial charge in [-0.25, -0.2) is 0 Å². The van der Waals surface area contributed by atoms with Gasteiger partial charge in [-0.3, -0.25) is 0 Å². The number of thioether (sulfide) groups is 1. The Labute approximate surface area is 212 Å². The normalized spacial score (nSPS) is 17.7. The van der Waals surface area contributed by atoms with Crippen LogP contribution in [-0.2, 0) is 6.54 Å². The Bertz CT molecular complexity index is 1380. The Morgan fingerprint density at radius 2 is 1.23 bits per heavy atom. The Morgan fingerprint density at radius 3 is 1.83 bits per heavy atom. The molecule has 2 heterocycles. The van der Waals surface area contributed by atoms with E-state index in [0.717, 1.165) is 6.54 Å². The number of hydrogen-bond donors (Lipinski definition) is 0. The third-order valence-corrected chi connectivity index (χ3v) is 9.12. The van der Waals surface area contributed by atoms with Crippen LogP contribution in [0, 0.1) is 5.92 Å². The molecular formula is C33H31NS. The molecule has 0 amide bonds. The molecule has 174 valence electrons. The SMILES string of the molecule is CC(C)[C@@H]1S[C@@H](c2ccccc2)Cn2c1c(C(c1ccccc1)c1ccccc1)c1ccccc12. The van der Waals surface area contributed by atoms with Crippen LogP contribution in [0.2, 0.25) is 0 Å². The van der Waals surface area contributed by atoms with Gasteiger partial charge in [0.05, 0.1) is 0 Å². The minimum Gasteiger partial charge on any atom is -0.342 e. The van der Waals surface area contributed by atoms with Crippen molar-refractivity contribution in [1.29, 1.82) is 0 Å². The van der Waals surface area contributed by atoms with Crippen LogP contribution in [0.5, 0.6) is 0 Å². The van der Waals surface area contributed by atoms with E-state index < -0.39 is 0 Å². The summed E-state index contributed by atoms with van der Waals surface area (Å²) in [6.45, 7) is 5.78. The molecule has 4 aromatic carbocycles. The lowest BCUT2D eigenvalue weighted by Gasteiger charge is -2.36. The van der Waals surface area contributed by atoms with Crippen molar-refractivity contribution in [2.75, 3.05) is 0 Å². The monoisotopic (exact) mass is 473 g/mol. The van der Waals surface area contributed by atoms with Gasteiger partial charge in [-0.1, -0.05) is 123 Å². The van der Waals surface area contributed by atoms with E-state index in [4.69, 9.17) is 0 Å². The van der Waals surface area contributed by atoms with Gasteiger partial charge in [0.1, 0.15) is 0 Å². The number of rotatable bonds is 5. The van der Waals surface area contributed by atoms with Crippen LogP contribution in [0.25, 0.3) is 10.9 Å². The van der Waals surface area contributed by atoms with E-state index in [0.29, 0.717) is 16.4 Å². The average Bonchev–Trinajstić information content (AvgIpc) is 3.24. The number of aromatic nitrogens is 1. The lowest BCUT2D eigenvalue weighted by atomic mass is 9.82. The van der Waals surface area contributed by atoms with E-state index >= 15 is 0 Å². The summed E-state index contributed by atoms with van der Waals surface area (Å²) >= 11 is 2.15. The molecule has 1 nitrogen and oxygen atoms in total. The average molecular weight is 474 g/mol. The third kappa shape index (κ3) is 4.00. The number of nitrogens with zero attached hydrogens (tertiary/aromatic N) is 1. The van der Waals surface area contributed by atoms with Crippen molar-refractivity contribution in [3.8, 4) is 0 Å². The highest BCUT2D eigenvalue weighted by atomic mass is 32.2. The minimum atomic E-state index is 0.202. The number of fused-ring (bicyclic) bond motifs is 3. The van der Waals surface area contributed by atoms with Gasteiger partial charge >= 0.3 is 0 Å². The summed E-state index contributed by atoms with van der Waals surface area (Å²) < 4.78 is 2.66. The third-order valence-electron chi connectivity index (χ3n) is 7.31. The summed E-state index contributed by atoms with van der Waals surface area (Å²) in [5.74, 6) is 0.731. The van der Waals surface area contributed by atoms with E-state index in [1.165, 1.54) is 38.9 Å². The molecule has 35 heavy (non-hydrogen) atoms. The van der Waals surface area contributed by atoms with Crippen LogP contribution >= 0.6 is 11.8 Å². The lowest BCUT2D eigenvalue weighted by Crippen LogP contribution is -2.22. The summed E-state index contributed by atoms with van der Waals surface area (Å²) in [5.41, 5.74) is 8.50. The van der Waals surface area contributed by atoms with Crippen LogP contribution in [-0.4, -0.2) is 4.57 Å². The minimum absolute atomic E-state index is 0.202. The summed E-state index contributed by atoms with van der Waals surface area (Å²) in [5, 5.41) is 2.26. The highest BCUT2D eigenvalue weighted by Gasteiger charge is 2.37. The molecule has 0 unspecified atom stereocenters. The van der Waals surface area contributed by atoms with E-state index in [1.807, 2.05) is 0 Å². The fourth-order valence-corrected chi connectivity index (χ4v) is 7.35. The van der Waals surface area contributed by atoms with Crippen molar-refractivity contribution < 1.29 is 0 Å². The number of benzene rings is 4. The van der Waals surface area contributed by atoms with Gasteiger partial charge in [-0.05, 0) is 34.2 Å². The first kappa shape index (κ1) is 22.2. The van der Waals surface area contributed by atoms with Crippen LogP contribution in [0.4, 0.5) is 0 Å². The molecule has 1 aliphatic heterocycles. The quantitative estimate of drug-likeness (QED) is 0.246. The van der Waals surface area contributed by atoms with Crippen molar-refractivity contribution in [2.45, 2.75) is 36.8 Å². The van der Waals surface area contributed by atoms with Crippen LogP contribution < -0.4 is 0 Å². The van der Waals surface area contributed by atoms with Gasteiger partial charge in [0.15, 0.2) is 0 Å². The number of para-hydroxylation sites is 1. The van der Waals surface area contributed by atoms with E-state index in [-0.39, 0.29) is 5.92 Å². The molecule has 6 rings (SSSR count). The highest BCUT2D eigenvalue weighted by molar-refractivity contribution is 7.99. The molecule has 0 fully saturated rings. The molecule has 5 aromatic rings. The summed E-state index contributed by atoms with van der Waals surface area (Å²) in [6.07, 6.45) is 0. The molecular weight excluding hydrogens is 442 g/mol. The Kier molecular flexibility index (Phi) is 6.00. The molecule has 0 saturated carbocycles. The molecule has 0 bridgehead atoms. The molecule has 0 saturated heterocycles. The van der Waals surface area contributed by atoms with Crippen LogP contribution in [0.3, 0.4) is 0 Å². The zero-order valence-corrected chi connectivity index (χ0v) is 21.2. The molecule has 0 aliphatic carbocycles. The second-order valence-electron chi connectivity index (χ2n) is 9.88. The fourth-order valence-electron chi connectivity index (χ4n) is 5.75. The van der Waals surface area contributed by atoms with Gasteiger partial charge in [0, 0.05) is 39.6 Å². The first-order valence-corrected chi connectivity index (χ1v) is 13.6. The van der Waals surface area contributed by atoms with Crippen molar-refractivity contribution in [3.63, 3.8) is 0 Å². The molecule has 0 spiro atoms. The highest BCUT2D eigenvalue weighted by Crippen LogP contribution is 2.54. The second-order valence-corrected chi connectivity index (χ2v) is 11.2. The molecule has 1 aromatic heterocycles. The maximum Gasteiger partial charge on any atom is 0.0486 e. The van der Waals surface area contributed by atoms with E-state index in [2.05, 4.69) is 145 Å². The smallest absolute Gasteiger partial charge is 0.0486 e. The summed E-state index contributed by atoms with van der Waals surface area (Å²) in [4.78, 5) is 0. The van der Waals surface area contributed by atoms with Crippen molar-refractivity contribution in [2.24, 2.45) is 5.92 Å². The molecule has 0 N–H and O–H groups in total. The predicted octanol–water partition coefficient (Wildman–Crippen LogP) is 9.01. The molecule has 2 heteroatoms. The number of hydrogen-bond acceptors (Lipinski definition) is 1. The summed E-state index contributed by atoms with van der Waals surface area (Å²) in [7, 11) is 0. The van der Waals surface area contributed by atoms with Crippen molar-refractivity contribution in [3.05, 3.63) is 143 Å². The lowest BCUT2D eigenvalue weighted by molar-refractivity contribution is 0.546. The van der Waals surface area contributed by atoms with Gasteiger partial charge < -0.3 is 4.57 Å². The largest absolute Gasteiger partial charge is 0.342 e.